The topological polar surface area (TPSA) is 92.8 Å². The van der Waals surface area contributed by atoms with Crippen LogP contribution in [0.5, 0.6) is 5.75 Å². The number of nitrogens with zero attached hydrogens (tertiary/aromatic N) is 1. The summed E-state index contributed by atoms with van der Waals surface area (Å²) in [6.45, 7) is 0.744. The van der Waals surface area contributed by atoms with E-state index in [1.807, 2.05) is 54.6 Å². The van der Waals surface area contributed by atoms with Crippen LogP contribution >= 0.6 is 0 Å². The molecule has 1 N–H and O–H groups in total. The monoisotopic (exact) mass is 462 g/mol. The van der Waals surface area contributed by atoms with Gasteiger partial charge in [0.1, 0.15) is 17.3 Å². The van der Waals surface area contributed by atoms with Gasteiger partial charge in [0.15, 0.2) is 0 Å². The highest BCUT2D eigenvalue weighted by molar-refractivity contribution is 7.90. The lowest BCUT2D eigenvalue weighted by Gasteiger charge is -2.13. The first-order valence-corrected chi connectivity index (χ1v) is 12.1. The third-order valence-electron chi connectivity index (χ3n) is 5.71. The lowest BCUT2D eigenvalue weighted by atomic mass is 10.1. The maximum atomic E-state index is 12.8. The Morgan fingerprint density at radius 2 is 1.70 bits per heavy atom. The van der Waals surface area contributed by atoms with E-state index in [0.717, 1.165) is 21.2 Å². The molecule has 0 radical (unpaired) electrons. The van der Waals surface area contributed by atoms with E-state index in [2.05, 4.69) is 5.32 Å². The molecule has 1 aliphatic heterocycles. The minimum Gasteiger partial charge on any atom is -0.489 e. The number of carbonyl (C=O) groups excluding carboxylic acids is 2. The van der Waals surface area contributed by atoms with Crippen LogP contribution in [0.1, 0.15) is 44.7 Å². The zero-order valence-electron chi connectivity index (χ0n) is 17.7. The molecule has 1 heterocycles. The van der Waals surface area contributed by atoms with Crippen LogP contribution in [0.2, 0.25) is 0 Å². The first-order chi connectivity index (χ1) is 15.9. The van der Waals surface area contributed by atoms with Crippen molar-refractivity contribution in [1.29, 1.82) is 0 Å². The standard InChI is InChI=1S/C25H22N2O5S/c28-24(19-8-13-22-23(14-19)33(30,31)27(25(22)29)20-9-10-20)26-15-17-6-11-21(12-7-17)32-16-18-4-2-1-3-5-18/h1-8,11-14,20H,9-10,15-16H2,(H,26,28). The fourth-order valence-corrected chi connectivity index (χ4v) is 5.63. The van der Waals surface area contributed by atoms with Crippen LogP contribution in [0.25, 0.3) is 0 Å². The Bertz CT molecular complexity index is 1320. The van der Waals surface area contributed by atoms with Gasteiger partial charge in [-0.15, -0.1) is 0 Å². The maximum Gasteiger partial charge on any atom is 0.269 e. The quantitative estimate of drug-likeness (QED) is 0.580. The van der Waals surface area contributed by atoms with Gasteiger partial charge < -0.3 is 10.1 Å². The van der Waals surface area contributed by atoms with E-state index < -0.39 is 21.8 Å². The number of hydrogen-bond acceptors (Lipinski definition) is 5. The second kappa shape index (κ2) is 8.37. The highest BCUT2D eigenvalue weighted by Gasteiger charge is 2.48. The van der Waals surface area contributed by atoms with Gasteiger partial charge in [0.2, 0.25) is 0 Å². The summed E-state index contributed by atoms with van der Waals surface area (Å²) in [6.07, 6.45) is 1.37. The number of amides is 2. The van der Waals surface area contributed by atoms with Gasteiger partial charge in [-0.3, -0.25) is 9.59 Å². The molecule has 0 unspecified atom stereocenters. The summed E-state index contributed by atoms with van der Waals surface area (Å²) >= 11 is 0. The molecule has 7 nitrogen and oxygen atoms in total. The number of nitrogens with one attached hydrogen (secondary N) is 1. The average molecular weight is 463 g/mol. The summed E-state index contributed by atoms with van der Waals surface area (Å²) < 4.78 is 32.3. The highest BCUT2D eigenvalue weighted by Crippen LogP contribution is 2.39. The summed E-state index contributed by atoms with van der Waals surface area (Å²) in [5.74, 6) is -0.189. The Labute approximate surface area is 192 Å². The Kier molecular flexibility index (Phi) is 5.38. The molecule has 2 amide bonds. The summed E-state index contributed by atoms with van der Waals surface area (Å²) in [4.78, 5) is 25.0. The second-order valence-electron chi connectivity index (χ2n) is 8.15. The molecule has 0 aromatic heterocycles. The molecule has 33 heavy (non-hydrogen) atoms. The zero-order valence-corrected chi connectivity index (χ0v) is 18.5. The van der Waals surface area contributed by atoms with Crippen molar-refractivity contribution >= 4 is 21.8 Å². The smallest absolute Gasteiger partial charge is 0.269 e. The average Bonchev–Trinajstić information content (AvgIpc) is 3.64. The molecule has 0 spiro atoms. The predicted molar refractivity (Wildman–Crippen MR) is 121 cm³/mol. The van der Waals surface area contributed by atoms with Crippen molar-refractivity contribution < 1.29 is 22.7 Å². The molecular weight excluding hydrogens is 440 g/mol. The van der Waals surface area contributed by atoms with E-state index >= 15 is 0 Å². The van der Waals surface area contributed by atoms with Gasteiger partial charge in [-0.25, -0.2) is 12.7 Å². The predicted octanol–water partition coefficient (Wildman–Crippen LogP) is 3.50. The largest absolute Gasteiger partial charge is 0.489 e. The number of benzene rings is 3. The van der Waals surface area contributed by atoms with Crippen molar-refractivity contribution in [3.8, 4) is 5.75 Å². The normalized spacial score (nSPS) is 16.4. The van der Waals surface area contributed by atoms with E-state index in [1.165, 1.54) is 18.2 Å². The van der Waals surface area contributed by atoms with Gasteiger partial charge in [0.25, 0.3) is 21.8 Å². The molecule has 0 bridgehead atoms. The molecule has 3 aromatic rings. The Morgan fingerprint density at radius 1 is 0.970 bits per heavy atom. The third-order valence-corrected chi connectivity index (χ3v) is 7.59. The van der Waals surface area contributed by atoms with Crippen LogP contribution in [-0.2, 0) is 23.2 Å². The minimum absolute atomic E-state index is 0.0908. The lowest BCUT2D eigenvalue weighted by molar-refractivity contribution is 0.0863. The van der Waals surface area contributed by atoms with Crippen LogP contribution < -0.4 is 10.1 Å². The molecule has 1 fully saturated rings. The number of rotatable bonds is 7. The van der Waals surface area contributed by atoms with Crippen molar-refractivity contribution in [3.05, 3.63) is 95.1 Å². The van der Waals surface area contributed by atoms with E-state index in [-0.39, 0.29) is 28.6 Å². The number of ether oxygens (including phenoxy) is 1. The summed E-state index contributed by atoms with van der Waals surface area (Å²) in [6, 6.07) is 21.2. The van der Waals surface area contributed by atoms with E-state index in [1.54, 1.807) is 0 Å². The molecule has 3 aromatic carbocycles. The molecular formula is C25H22N2O5S. The van der Waals surface area contributed by atoms with Crippen molar-refractivity contribution in [2.24, 2.45) is 0 Å². The van der Waals surface area contributed by atoms with Crippen molar-refractivity contribution in [2.45, 2.75) is 36.9 Å². The number of carbonyl (C=O) groups is 2. The Hall–Kier alpha value is -3.65. The van der Waals surface area contributed by atoms with Gasteiger partial charge in [-0.2, -0.15) is 0 Å². The number of sulfonamides is 1. The summed E-state index contributed by atoms with van der Waals surface area (Å²) in [5, 5.41) is 2.80. The fourth-order valence-electron chi connectivity index (χ4n) is 3.79. The van der Waals surface area contributed by atoms with E-state index in [9.17, 15) is 18.0 Å². The van der Waals surface area contributed by atoms with Gasteiger partial charge in [-0.1, -0.05) is 42.5 Å². The van der Waals surface area contributed by atoms with Crippen LogP contribution in [0.3, 0.4) is 0 Å². The fraction of sp³-hybridized carbons (Fsp3) is 0.200. The van der Waals surface area contributed by atoms with Crippen LogP contribution in [-0.4, -0.2) is 30.6 Å². The summed E-state index contributed by atoms with van der Waals surface area (Å²) in [5.41, 5.74) is 2.28. The molecule has 5 rings (SSSR count). The summed E-state index contributed by atoms with van der Waals surface area (Å²) in [7, 11) is -3.90. The molecule has 168 valence electrons. The highest BCUT2D eigenvalue weighted by atomic mass is 32.2. The van der Waals surface area contributed by atoms with Crippen molar-refractivity contribution in [3.63, 3.8) is 0 Å². The van der Waals surface area contributed by atoms with Crippen molar-refractivity contribution in [1.82, 2.24) is 9.62 Å². The van der Waals surface area contributed by atoms with E-state index in [4.69, 9.17) is 4.74 Å². The second-order valence-corrected chi connectivity index (χ2v) is 9.93. The molecule has 8 heteroatoms. The molecule has 0 saturated heterocycles. The van der Waals surface area contributed by atoms with Gasteiger partial charge in [-0.05, 0) is 54.3 Å². The van der Waals surface area contributed by atoms with Gasteiger partial charge in [0, 0.05) is 18.2 Å². The third kappa shape index (κ3) is 4.21. The lowest BCUT2D eigenvalue weighted by Crippen LogP contribution is -2.32. The zero-order chi connectivity index (χ0) is 23.0. The molecule has 2 aliphatic rings. The molecule has 0 atom stereocenters. The Balaban J connectivity index is 1.21. The van der Waals surface area contributed by atoms with Gasteiger partial charge in [0.05, 0.1) is 5.56 Å². The van der Waals surface area contributed by atoms with Crippen LogP contribution in [0.4, 0.5) is 0 Å². The van der Waals surface area contributed by atoms with Gasteiger partial charge >= 0.3 is 0 Å². The molecule has 1 saturated carbocycles. The Morgan fingerprint density at radius 3 is 2.39 bits per heavy atom. The van der Waals surface area contributed by atoms with Crippen molar-refractivity contribution in [2.75, 3.05) is 0 Å². The first-order valence-electron chi connectivity index (χ1n) is 10.7. The minimum atomic E-state index is -3.90. The van der Waals surface area contributed by atoms with E-state index in [0.29, 0.717) is 19.4 Å². The van der Waals surface area contributed by atoms with Crippen LogP contribution in [0, 0.1) is 0 Å². The maximum absolute atomic E-state index is 12.8. The molecule has 1 aliphatic carbocycles. The number of hydrogen-bond donors (Lipinski definition) is 1. The SMILES string of the molecule is O=C(NCc1ccc(OCc2ccccc2)cc1)c1ccc2c(c1)S(=O)(=O)N(C1CC1)C2=O. The first kappa shape index (κ1) is 21.2. The van der Waals surface area contributed by atoms with Crippen LogP contribution in [0.15, 0.2) is 77.7 Å². The number of fused-ring (bicyclic) bond motifs is 1.